The number of fused-ring (bicyclic) bond motifs is 1. The zero-order chi connectivity index (χ0) is 14.9. The summed E-state index contributed by atoms with van der Waals surface area (Å²) in [5.41, 5.74) is 2.41. The Balaban J connectivity index is 2.23. The zero-order valence-electron chi connectivity index (χ0n) is 13.0. The number of aromatic nitrogens is 3. The van der Waals surface area contributed by atoms with Crippen molar-refractivity contribution in [1.82, 2.24) is 19.3 Å². The highest BCUT2D eigenvalue weighted by Gasteiger charge is 2.18. The van der Waals surface area contributed by atoms with E-state index in [4.69, 9.17) is 0 Å². The van der Waals surface area contributed by atoms with Gasteiger partial charge in [-0.25, -0.2) is 9.97 Å². The summed E-state index contributed by atoms with van der Waals surface area (Å²) in [6.45, 7) is 12.0. The number of imidazole rings is 1. The number of aliphatic hydroxyl groups is 1. The normalized spacial score (nSPS) is 12.6. The van der Waals surface area contributed by atoms with E-state index >= 15 is 0 Å². The van der Waals surface area contributed by atoms with E-state index < -0.39 is 5.60 Å². The molecule has 0 aromatic carbocycles. The fourth-order valence-electron chi connectivity index (χ4n) is 2.45. The van der Waals surface area contributed by atoms with Gasteiger partial charge >= 0.3 is 0 Å². The van der Waals surface area contributed by atoms with Gasteiger partial charge in [-0.1, -0.05) is 6.92 Å². The second kappa shape index (κ2) is 5.50. The Morgan fingerprint density at radius 2 is 2.00 bits per heavy atom. The van der Waals surface area contributed by atoms with E-state index in [-0.39, 0.29) is 0 Å². The molecule has 1 N–H and O–H groups in total. The smallest absolute Gasteiger partial charge is 0.234 e. The highest BCUT2D eigenvalue weighted by Crippen LogP contribution is 2.12. The van der Waals surface area contributed by atoms with E-state index in [1.54, 1.807) is 0 Å². The Hall–Kier alpha value is -1.46. The molecule has 2 rings (SSSR count). The Labute approximate surface area is 120 Å². The predicted molar refractivity (Wildman–Crippen MR) is 79.7 cm³/mol. The van der Waals surface area contributed by atoms with Gasteiger partial charge in [0.2, 0.25) is 5.78 Å². The van der Waals surface area contributed by atoms with Gasteiger partial charge in [-0.05, 0) is 40.3 Å². The highest BCUT2D eigenvalue weighted by molar-refractivity contribution is 5.34. The first-order valence-electron chi connectivity index (χ1n) is 7.05. The first-order chi connectivity index (χ1) is 9.28. The fraction of sp³-hybridized carbons (Fsp3) is 0.600. The van der Waals surface area contributed by atoms with Crippen LogP contribution in [-0.4, -0.2) is 43.1 Å². The minimum absolute atomic E-state index is 0.628. The second-order valence-electron chi connectivity index (χ2n) is 6.06. The van der Waals surface area contributed by atoms with Crippen molar-refractivity contribution >= 4 is 5.78 Å². The summed E-state index contributed by atoms with van der Waals surface area (Å²) in [4.78, 5) is 11.2. The topological polar surface area (TPSA) is 53.7 Å². The Morgan fingerprint density at radius 1 is 1.30 bits per heavy atom. The van der Waals surface area contributed by atoms with Crippen LogP contribution in [-0.2, 0) is 6.54 Å². The second-order valence-corrected chi connectivity index (χ2v) is 6.06. The first-order valence-corrected chi connectivity index (χ1v) is 7.05. The third-order valence-corrected chi connectivity index (χ3v) is 3.25. The number of likely N-dealkylation sites (N-methyl/N-ethyl adjacent to an activating group) is 1. The molecule has 0 atom stereocenters. The summed E-state index contributed by atoms with van der Waals surface area (Å²) in [5, 5.41) is 9.94. The van der Waals surface area contributed by atoms with Gasteiger partial charge in [0.1, 0.15) is 0 Å². The molecule has 20 heavy (non-hydrogen) atoms. The summed E-state index contributed by atoms with van der Waals surface area (Å²) >= 11 is 0. The summed E-state index contributed by atoms with van der Waals surface area (Å²) in [5.74, 6) is 0.747. The van der Waals surface area contributed by atoms with Crippen LogP contribution in [0, 0.1) is 13.8 Å². The van der Waals surface area contributed by atoms with Crippen molar-refractivity contribution in [2.75, 3.05) is 13.1 Å². The minimum Gasteiger partial charge on any atom is -0.389 e. The Kier molecular flexibility index (Phi) is 4.11. The molecule has 0 aliphatic rings. The maximum Gasteiger partial charge on any atom is 0.234 e. The maximum absolute atomic E-state index is 9.94. The molecule has 0 fully saturated rings. The van der Waals surface area contributed by atoms with Crippen molar-refractivity contribution in [1.29, 1.82) is 0 Å². The molecule has 110 valence electrons. The van der Waals surface area contributed by atoms with Gasteiger partial charge < -0.3 is 5.11 Å². The van der Waals surface area contributed by atoms with Crippen molar-refractivity contribution in [3.63, 3.8) is 0 Å². The van der Waals surface area contributed by atoms with Crippen LogP contribution in [0.2, 0.25) is 0 Å². The lowest BCUT2D eigenvalue weighted by Crippen LogP contribution is -2.38. The molecule has 5 heteroatoms. The van der Waals surface area contributed by atoms with Crippen LogP contribution in [0.5, 0.6) is 0 Å². The molecular formula is C15H24N4O. The summed E-state index contributed by atoms with van der Waals surface area (Å²) in [6.07, 6.45) is 2.03. The van der Waals surface area contributed by atoms with Crippen molar-refractivity contribution in [3.05, 3.63) is 29.3 Å². The van der Waals surface area contributed by atoms with Crippen LogP contribution in [0.3, 0.4) is 0 Å². The van der Waals surface area contributed by atoms with Crippen LogP contribution >= 0.6 is 0 Å². The molecule has 5 nitrogen and oxygen atoms in total. The molecule has 0 unspecified atom stereocenters. The van der Waals surface area contributed by atoms with Gasteiger partial charge in [-0.15, -0.1) is 0 Å². The Bertz CT molecular complexity index is 598. The molecule has 0 bridgehead atoms. The molecular weight excluding hydrogens is 252 g/mol. The third-order valence-electron chi connectivity index (χ3n) is 3.25. The van der Waals surface area contributed by atoms with E-state index in [1.807, 2.05) is 37.4 Å². The monoisotopic (exact) mass is 276 g/mol. The minimum atomic E-state index is -0.695. The molecule has 0 aliphatic carbocycles. The first kappa shape index (κ1) is 14.9. The number of hydrogen-bond acceptors (Lipinski definition) is 4. The largest absolute Gasteiger partial charge is 0.389 e. The molecule has 0 aliphatic heterocycles. The lowest BCUT2D eigenvalue weighted by molar-refractivity contribution is 0.0350. The zero-order valence-corrected chi connectivity index (χ0v) is 13.0. The van der Waals surface area contributed by atoms with E-state index in [9.17, 15) is 5.11 Å². The highest BCUT2D eigenvalue weighted by atomic mass is 16.3. The SMILES string of the molecule is CCN(Cc1cn2c(C)cc(C)nc2n1)CC(C)(C)O. The quantitative estimate of drug-likeness (QED) is 0.907. The molecule has 2 aromatic rings. The third kappa shape index (κ3) is 3.55. The standard InChI is InChI=1S/C15H24N4O/c1-6-18(10-15(4,5)20)8-13-9-19-12(3)7-11(2)16-14(19)17-13/h7,9,20H,6,8,10H2,1-5H3. The molecule has 0 saturated carbocycles. The van der Waals surface area contributed by atoms with E-state index in [1.165, 1.54) is 0 Å². The molecule has 0 saturated heterocycles. The van der Waals surface area contributed by atoms with E-state index in [2.05, 4.69) is 28.7 Å². The molecule has 0 spiro atoms. The van der Waals surface area contributed by atoms with E-state index in [0.29, 0.717) is 6.54 Å². The van der Waals surface area contributed by atoms with Gasteiger partial charge in [0.25, 0.3) is 0 Å². The number of rotatable bonds is 5. The average Bonchev–Trinajstić information content (AvgIpc) is 2.69. The van der Waals surface area contributed by atoms with Gasteiger partial charge in [-0.3, -0.25) is 9.30 Å². The lowest BCUT2D eigenvalue weighted by atomic mass is 10.1. The van der Waals surface area contributed by atoms with Crippen LogP contribution in [0.25, 0.3) is 5.78 Å². The lowest BCUT2D eigenvalue weighted by Gasteiger charge is -2.27. The number of aryl methyl sites for hydroxylation is 2. The van der Waals surface area contributed by atoms with Crippen molar-refractivity contribution in [3.8, 4) is 0 Å². The molecule has 0 amide bonds. The van der Waals surface area contributed by atoms with Crippen molar-refractivity contribution in [2.24, 2.45) is 0 Å². The van der Waals surface area contributed by atoms with E-state index in [0.717, 1.165) is 35.9 Å². The van der Waals surface area contributed by atoms with Crippen LogP contribution < -0.4 is 0 Å². The number of hydrogen-bond donors (Lipinski definition) is 1. The van der Waals surface area contributed by atoms with Crippen LogP contribution in [0.4, 0.5) is 0 Å². The van der Waals surface area contributed by atoms with Crippen molar-refractivity contribution < 1.29 is 5.11 Å². The average molecular weight is 276 g/mol. The van der Waals surface area contributed by atoms with Gasteiger partial charge in [0, 0.05) is 30.7 Å². The van der Waals surface area contributed by atoms with Gasteiger partial charge in [0.15, 0.2) is 0 Å². The predicted octanol–water partition coefficient (Wildman–Crippen LogP) is 1.94. The molecule has 2 aromatic heterocycles. The summed E-state index contributed by atoms with van der Waals surface area (Å²) < 4.78 is 2.01. The van der Waals surface area contributed by atoms with Crippen molar-refractivity contribution in [2.45, 2.75) is 46.8 Å². The van der Waals surface area contributed by atoms with Crippen LogP contribution in [0.1, 0.15) is 37.9 Å². The van der Waals surface area contributed by atoms with Crippen LogP contribution in [0.15, 0.2) is 12.3 Å². The maximum atomic E-state index is 9.94. The van der Waals surface area contributed by atoms with Gasteiger partial charge in [-0.2, -0.15) is 0 Å². The summed E-state index contributed by atoms with van der Waals surface area (Å²) in [7, 11) is 0. The molecule has 2 heterocycles. The fourth-order valence-corrected chi connectivity index (χ4v) is 2.45. The Morgan fingerprint density at radius 3 is 2.60 bits per heavy atom. The molecule has 0 radical (unpaired) electrons. The van der Waals surface area contributed by atoms with Gasteiger partial charge in [0.05, 0.1) is 11.3 Å². The number of nitrogens with zero attached hydrogens (tertiary/aromatic N) is 4. The summed E-state index contributed by atoms with van der Waals surface area (Å²) in [6, 6.07) is 2.05.